The van der Waals surface area contributed by atoms with E-state index in [0.29, 0.717) is 0 Å². The zero-order chi connectivity index (χ0) is 10.1. The van der Waals surface area contributed by atoms with Crippen molar-refractivity contribution in [3.8, 4) is 0 Å². The summed E-state index contributed by atoms with van der Waals surface area (Å²) in [5.74, 6) is 0. The van der Waals surface area contributed by atoms with Crippen LogP contribution in [0.5, 0.6) is 0 Å². The Morgan fingerprint density at radius 2 is 2.00 bits per heavy atom. The molecule has 74 valence electrons. The molecule has 0 amide bonds. The van der Waals surface area contributed by atoms with E-state index in [0.717, 1.165) is 12.8 Å². The van der Waals surface area contributed by atoms with Crippen molar-refractivity contribution in [2.24, 2.45) is 0 Å². The Morgan fingerprint density at radius 3 is 2.64 bits per heavy atom. The smallest absolute Gasteiger partial charge is 0.0377 e. The highest BCUT2D eigenvalue weighted by Crippen LogP contribution is 2.31. The average molecular weight is 204 g/mol. The minimum atomic E-state index is 1.14. The zero-order valence-corrected chi connectivity index (χ0v) is 9.87. The van der Waals surface area contributed by atoms with Crippen LogP contribution in [0.1, 0.15) is 30.5 Å². The lowest BCUT2D eigenvalue weighted by Gasteiger charge is -2.08. The normalized spacial score (nSPS) is 11.1. The minimum absolute atomic E-state index is 1.14. The van der Waals surface area contributed by atoms with Crippen LogP contribution >= 0.6 is 11.3 Å². The number of rotatable bonds is 2. The molecule has 0 spiro atoms. The molecule has 0 nitrogen and oxygen atoms in total. The molecule has 14 heavy (non-hydrogen) atoms. The van der Waals surface area contributed by atoms with E-state index in [4.69, 9.17) is 0 Å². The second kappa shape index (κ2) is 3.74. The van der Waals surface area contributed by atoms with Gasteiger partial charge in [-0.25, -0.2) is 0 Å². The van der Waals surface area contributed by atoms with Crippen molar-refractivity contribution >= 4 is 21.4 Å². The van der Waals surface area contributed by atoms with E-state index in [1.165, 1.54) is 26.8 Å². The third-order valence-electron chi connectivity index (χ3n) is 2.88. The fraction of sp³-hybridized carbons (Fsp3) is 0.385. The van der Waals surface area contributed by atoms with Gasteiger partial charge in [-0.1, -0.05) is 19.9 Å². The minimum Gasteiger partial charge on any atom is -0.144 e. The highest BCUT2D eigenvalue weighted by molar-refractivity contribution is 7.17. The molecular formula is C13H16S. The van der Waals surface area contributed by atoms with Crippen LogP contribution in [-0.4, -0.2) is 0 Å². The van der Waals surface area contributed by atoms with Gasteiger partial charge < -0.3 is 0 Å². The fourth-order valence-corrected chi connectivity index (χ4v) is 3.17. The second-order valence-corrected chi connectivity index (χ2v) is 4.62. The lowest BCUT2D eigenvalue weighted by Crippen LogP contribution is -1.91. The average Bonchev–Trinajstić information content (AvgIpc) is 2.65. The van der Waals surface area contributed by atoms with Gasteiger partial charge >= 0.3 is 0 Å². The van der Waals surface area contributed by atoms with Crippen molar-refractivity contribution in [3.05, 3.63) is 34.2 Å². The molecule has 0 aliphatic rings. The summed E-state index contributed by atoms with van der Waals surface area (Å²) >= 11 is 1.88. The van der Waals surface area contributed by atoms with Gasteiger partial charge in [-0.3, -0.25) is 0 Å². The topological polar surface area (TPSA) is 0 Å². The van der Waals surface area contributed by atoms with E-state index < -0.39 is 0 Å². The fourth-order valence-electron chi connectivity index (χ4n) is 2.15. The zero-order valence-electron chi connectivity index (χ0n) is 9.05. The maximum absolute atomic E-state index is 2.36. The standard InChI is InChI=1S/C13H16S/c1-4-10-8-9(3)11(5-2)12-6-7-14-13(10)12/h6-8H,4-5H2,1-3H3. The Hall–Kier alpha value is -0.820. The summed E-state index contributed by atoms with van der Waals surface area (Å²) in [7, 11) is 0. The Labute approximate surface area is 89.6 Å². The van der Waals surface area contributed by atoms with Crippen molar-refractivity contribution in [1.29, 1.82) is 0 Å². The van der Waals surface area contributed by atoms with Crippen molar-refractivity contribution in [1.82, 2.24) is 0 Å². The predicted molar refractivity (Wildman–Crippen MR) is 65.3 cm³/mol. The molecule has 1 aromatic heterocycles. The third-order valence-corrected chi connectivity index (χ3v) is 3.87. The molecule has 0 aliphatic heterocycles. The molecule has 0 radical (unpaired) electrons. The van der Waals surface area contributed by atoms with Gasteiger partial charge in [0.25, 0.3) is 0 Å². The van der Waals surface area contributed by atoms with Crippen LogP contribution in [0.3, 0.4) is 0 Å². The molecule has 0 bridgehead atoms. The first-order valence-corrected chi connectivity index (χ1v) is 6.14. The predicted octanol–water partition coefficient (Wildman–Crippen LogP) is 4.33. The van der Waals surface area contributed by atoms with Crippen LogP contribution in [0.15, 0.2) is 17.5 Å². The Morgan fingerprint density at radius 1 is 1.21 bits per heavy atom. The molecule has 0 atom stereocenters. The van der Waals surface area contributed by atoms with E-state index in [2.05, 4.69) is 38.3 Å². The number of hydrogen-bond acceptors (Lipinski definition) is 1. The highest BCUT2D eigenvalue weighted by Gasteiger charge is 2.07. The van der Waals surface area contributed by atoms with Crippen LogP contribution in [0.25, 0.3) is 10.1 Å². The molecule has 0 unspecified atom stereocenters. The van der Waals surface area contributed by atoms with Gasteiger partial charge in [0.2, 0.25) is 0 Å². The van der Waals surface area contributed by atoms with E-state index in [1.54, 1.807) is 0 Å². The summed E-state index contributed by atoms with van der Waals surface area (Å²) in [6, 6.07) is 4.63. The number of fused-ring (bicyclic) bond motifs is 1. The van der Waals surface area contributed by atoms with Crippen LogP contribution in [0.4, 0.5) is 0 Å². The molecule has 0 N–H and O–H groups in total. The molecular weight excluding hydrogens is 188 g/mol. The van der Waals surface area contributed by atoms with Gasteiger partial charge in [0, 0.05) is 4.70 Å². The Bertz CT molecular complexity index is 451. The van der Waals surface area contributed by atoms with Crippen molar-refractivity contribution in [3.63, 3.8) is 0 Å². The molecule has 1 heterocycles. The van der Waals surface area contributed by atoms with Crippen molar-refractivity contribution in [2.45, 2.75) is 33.6 Å². The van der Waals surface area contributed by atoms with E-state index in [9.17, 15) is 0 Å². The molecule has 0 fully saturated rings. The molecule has 0 saturated heterocycles. The lowest BCUT2D eigenvalue weighted by molar-refractivity contribution is 1.10. The number of thiophene rings is 1. The molecule has 0 saturated carbocycles. The van der Waals surface area contributed by atoms with Gasteiger partial charge in [0.15, 0.2) is 0 Å². The molecule has 0 aliphatic carbocycles. The Balaban J connectivity index is 2.81. The SMILES string of the molecule is CCc1c(C)cc(CC)c2sccc12. The van der Waals surface area contributed by atoms with Crippen LogP contribution < -0.4 is 0 Å². The summed E-state index contributed by atoms with van der Waals surface area (Å²) in [4.78, 5) is 0. The Kier molecular flexibility index (Phi) is 2.60. The van der Waals surface area contributed by atoms with Gasteiger partial charge in [0.1, 0.15) is 0 Å². The van der Waals surface area contributed by atoms with E-state index in [-0.39, 0.29) is 0 Å². The molecule has 2 aromatic rings. The molecule has 1 aromatic carbocycles. The van der Waals surface area contributed by atoms with E-state index in [1.807, 2.05) is 11.3 Å². The number of aryl methyl sites for hydroxylation is 3. The lowest BCUT2D eigenvalue weighted by atomic mass is 9.98. The summed E-state index contributed by atoms with van der Waals surface area (Å²) in [5, 5.41) is 3.69. The molecule has 1 heteroatoms. The summed E-state index contributed by atoms with van der Waals surface area (Å²) in [5.41, 5.74) is 4.48. The van der Waals surface area contributed by atoms with E-state index >= 15 is 0 Å². The maximum atomic E-state index is 2.36. The monoisotopic (exact) mass is 204 g/mol. The van der Waals surface area contributed by atoms with Gasteiger partial charge in [-0.2, -0.15) is 0 Å². The van der Waals surface area contributed by atoms with Crippen molar-refractivity contribution < 1.29 is 0 Å². The third kappa shape index (κ3) is 1.36. The summed E-state index contributed by atoms with van der Waals surface area (Å²) in [6.45, 7) is 6.71. The first-order chi connectivity index (χ1) is 6.77. The van der Waals surface area contributed by atoms with Crippen LogP contribution in [-0.2, 0) is 12.8 Å². The first-order valence-electron chi connectivity index (χ1n) is 5.26. The van der Waals surface area contributed by atoms with Crippen molar-refractivity contribution in [2.75, 3.05) is 0 Å². The van der Waals surface area contributed by atoms with Gasteiger partial charge in [0.05, 0.1) is 0 Å². The second-order valence-electron chi connectivity index (χ2n) is 3.70. The molecule has 2 rings (SSSR count). The highest BCUT2D eigenvalue weighted by atomic mass is 32.1. The van der Waals surface area contributed by atoms with Crippen LogP contribution in [0, 0.1) is 6.92 Å². The largest absolute Gasteiger partial charge is 0.144 e. The van der Waals surface area contributed by atoms with Gasteiger partial charge in [-0.05, 0) is 53.3 Å². The number of hydrogen-bond donors (Lipinski definition) is 0. The quantitative estimate of drug-likeness (QED) is 0.683. The van der Waals surface area contributed by atoms with Gasteiger partial charge in [-0.15, -0.1) is 11.3 Å². The van der Waals surface area contributed by atoms with Crippen LogP contribution in [0.2, 0.25) is 0 Å². The summed E-state index contributed by atoms with van der Waals surface area (Å²) < 4.78 is 1.50. The number of benzene rings is 1. The summed E-state index contributed by atoms with van der Waals surface area (Å²) in [6.07, 6.45) is 2.28. The maximum Gasteiger partial charge on any atom is 0.0377 e. The first kappa shape index (κ1) is 9.72.